The van der Waals surface area contributed by atoms with E-state index < -0.39 is 0 Å². The van der Waals surface area contributed by atoms with Crippen LogP contribution >= 0.6 is 0 Å². The van der Waals surface area contributed by atoms with Gasteiger partial charge >= 0.3 is 0 Å². The highest BCUT2D eigenvalue weighted by Gasteiger charge is 2.35. The Labute approximate surface area is 132 Å². The zero-order valence-electron chi connectivity index (χ0n) is 14.8. The van der Waals surface area contributed by atoms with Gasteiger partial charge in [0.1, 0.15) is 0 Å². The number of piperidine rings is 1. The average Bonchev–Trinajstić information content (AvgIpc) is 2.47. The van der Waals surface area contributed by atoms with Gasteiger partial charge in [0, 0.05) is 25.2 Å². The van der Waals surface area contributed by atoms with Gasteiger partial charge in [-0.15, -0.1) is 0 Å². The van der Waals surface area contributed by atoms with E-state index in [0.717, 1.165) is 6.04 Å². The molecule has 0 amide bonds. The lowest BCUT2D eigenvalue weighted by molar-refractivity contribution is 0.0668. The quantitative estimate of drug-likeness (QED) is 0.813. The molecule has 0 aromatic carbocycles. The maximum Gasteiger partial charge on any atom is 0.0117 e. The van der Waals surface area contributed by atoms with Crippen molar-refractivity contribution in [2.24, 2.45) is 5.41 Å². The van der Waals surface area contributed by atoms with Crippen LogP contribution in [0.5, 0.6) is 0 Å². The van der Waals surface area contributed by atoms with E-state index in [0.29, 0.717) is 11.5 Å². The van der Waals surface area contributed by atoms with Gasteiger partial charge in [0.15, 0.2) is 0 Å². The third kappa shape index (κ3) is 5.22. The van der Waals surface area contributed by atoms with Gasteiger partial charge in [-0.3, -0.25) is 0 Å². The van der Waals surface area contributed by atoms with E-state index >= 15 is 0 Å². The first-order valence-electron chi connectivity index (χ1n) is 9.13. The van der Waals surface area contributed by atoms with E-state index in [9.17, 15) is 0 Å². The monoisotopic (exact) mass is 295 g/mol. The molecule has 0 atom stereocenters. The van der Waals surface area contributed by atoms with E-state index in [2.05, 4.69) is 43.1 Å². The summed E-state index contributed by atoms with van der Waals surface area (Å²) in [5.41, 5.74) is 0.528. The van der Waals surface area contributed by atoms with Gasteiger partial charge < -0.3 is 15.1 Å². The molecule has 0 spiro atoms. The molecule has 1 heterocycles. The normalized spacial score (nSPS) is 24.9. The van der Waals surface area contributed by atoms with Gasteiger partial charge in [-0.2, -0.15) is 0 Å². The van der Waals surface area contributed by atoms with Crippen molar-refractivity contribution in [2.75, 3.05) is 40.3 Å². The first-order chi connectivity index (χ1) is 10.0. The summed E-state index contributed by atoms with van der Waals surface area (Å²) in [4.78, 5) is 5.17. The van der Waals surface area contributed by atoms with Crippen LogP contribution in [0.1, 0.15) is 58.8 Å². The fourth-order valence-electron chi connectivity index (χ4n) is 4.21. The lowest BCUT2D eigenvalue weighted by Gasteiger charge is -2.44. The van der Waals surface area contributed by atoms with Crippen LogP contribution in [0.25, 0.3) is 0 Å². The third-order valence-electron chi connectivity index (χ3n) is 5.70. The SMILES string of the molecule is CC(C)NCC1(CN(C)C2CCN(C)CC2)CCCCC1. The maximum absolute atomic E-state index is 3.74. The van der Waals surface area contributed by atoms with Gasteiger partial charge in [0.05, 0.1) is 0 Å². The summed E-state index contributed by atoms with van der Waals surface area (Å²) >= 11 is 0. The van der Waals surface area contributed by atoms with Gasteiger partial charge in [0.25, 0.3) is 0 Å². The Hall–Kier alpha value is -0.120. The summed E-state index contributed by atoms with van der Waals surface area (Å²) in [5, 5.41) is 3.74. The van der Waals surface area contributed by atoms with Crippen molar-refractivity contribution in [3.63, 3.8) is 0 Å². The second-order valence-electron chi connectivity index (χ2n) is 8.05. The standard InChI is InChI=1S/C18H37N3/c1-16(2)19-14-18(10-6-5-7-11-18)15-21(4)17-8-12-20(3)13-9-17/h16-17,19H,5-15H2,1-4H3. The molecule has 0 bridgehead atoms. The van der Waals surface area contributed by atoms with Crippen molar-refractivity contribution < 1.29 is 0 Å². The molecule has 0 aromatic heterocycles. The number of hydrogen-bond donors (Lipinski definition) is 1. The lowest BCUT2D eigenvalue weighted by atomic mass is 9.73. The molecule has 2 fully saturated rings. The molecule has 1 aliphatic carbocycles. The minimum Gasteiger partial charge on any atom is -0.314 e. The van der Waals surface area contributed by atoms with Crippen LogP contribution in [0, 0.1) is 5.41 Å². The number of nitrogens with one attached hydrogen (secondary N) is 1. The Balaban J connectivity index is 1.90. The second kappa shape index (κ2) is 7.94. The molecular weight excluding hydrogens is 258 g/mol. The summed E-state index contributed by atoms with van der Waals surface area (Å²) < 4.78 is 0. The van der Waals surface area contributed by atoms with E-state index in [1.54, 1.807) is 0 Å². The smallest absolute Gasteiger partial charge is 0.0117 e. The van der Waals surface area contributed by atoms with Gasteiger partial charge in [-0.25, -0.2) is 0 Å². The molecular formula is C18H37N3. The average molecular weight is 296 g/mol. The zero-order valence-corrected chi connectivity index (χ0v) is 14.8. The van der Waals surface area contributed by atoms with Crippen LogP contribution in [0.4, 0.5) is 0 Å². The number of rotatable bonds is 6. The van der Waals surface area contributed by atoms with Crippen LogP contribution in [-0.4, -0.2) is 62.2 Å². The Kier molecular flexibility index (Phi) is 6.51. The van der Waals surface area contributed by atoms with Crippen molar-refractivity contribution in [3.8, 4) is 0 Å². The van der Waals surface area contributed by atoms with Crippen LogP contribution in [-0.2, 0) is 0 Å². The molecule has 21 heavy (non-hydrogen) atoms. The van der Waals surface area contributed by atoms with Crippen LogP contribution in [0.2, 0.25) is 0 Å². The topological polar surface area (TPSA) is 18.5 Å². The van der Waals surface area contributed by atoms with Crippen LogP contribution < -0.4 is 5.32 Å². The Morgan fingerprint density at radius 3 is 2.33 bits per heavy atom. The highest BCUT2D eigenvalue weighted by Crippen LogP contribution is 2.37. The Morgan fingerprint density at radius 1 is 1.14 bits per heavy atom. The predicted octanol–water partition coefficient (Wildman–Crippen LogP) is 2.96. The molecule has 0 aromatic rings. The second-order valence-corrected chi connectivity index (χ2v) is 8.05. The predicted molar refractivity (Wildman–Crippen MR) is 91.8 cm³/mol. The largest absolute Gasteiger partial charge is 0.314 e. The number of hydrogen-bond acceptors (Lipinski definition) is 3. The Morgan fingerprint density at radius 2 is 1.76 bits per heavy atom. The maximum atomic E-state index is 3.74. The summed E-state index contributed by atoms with van der Waals surface area (Å²) in [6, 6.07) is 1.41. The molecule has 1 aliphatic heterocycles. The van der Waals surface area contributed by atoms with Crippen LogP contribution in [0.15, 0.2) is 0 Å². The van der Waals surface area contributed by atoms with Crippen LogP contribution in [0.3, 0.4) is 0 Å². The van der Waals surface area contributed by atoms with Gasteiger partial charge in [-0.05, 0) is 58.3 Å². The molecule has 2 aliphatic rings. The lowest BCUT2D eigenvalue weighted by Crippen LogP contribution is -2.50. The minimum absolute atomic E-state index is 0.528. The zero-order chi connectivity index (χ0) is 15.3. The molecule has 0 unspecified atom stereocenters. The molecule has 1 saturated carbocycles. The highest BCUT2D eigenvalue weighted by atomic mass is 15.2. The minimum atomic E-state index is 0.528. The van der Waals surface area contributed by atoms with Crippen molar-refractivity contribution in [1.29, 1.82) is 0 Å². The number of nitrogens with zero attached hydrogens (tertiary/aromatic N) is 2. The van der Waals surface area contributed by atoms with Crippen molar-refractivity contribution >= 4 is 0 Å². The third-order valence-corrected chi connectivity index (χ3v) is 5.70. The van der Waals surface area contributed by atoms with Gasteiger partial charge in [0.2, 0.25) is 0 Å². The van der Waals surface area contributed by atoms with E-state index in [1.165, 1.54) is 71.1 Å². The number of likely N-dealkylation sites (tertiary alicyclic amines) is 1. The summed E-state index contributed by atoms with van der Waals surface area (Å²) in [6.45, 7) is 9.59. The van der Waals surface area contributed by atoms with E-state index in [4.69, 9.17) is 0 Å². The first kappa shape index (κ1) is 17.2. The molecule has 1 saturated heterocycles. The highest BCUT2D eigenvalue weighted by molar-refractivity contribution is 4.90. The Bertz CT molecular complexity index is 289. The van der Waals surface area contributed by atoms with E-state index in [1.807, 2.05) is 0 Å². The van der Waals surface area contributed by atoms with E-state index in [-0.39, 0.29) is 0 Å². The molecule has 124 valence electrons. The van der Waals surface area contributed by atoms with Crippen molar-refractivity contribution in [3.05, 3.63) is 0 Å². The van der Waals surface area contributed by atoms with Crippen molar-refractivity contribution in [2.45, 2.75) is 70.9 Å². The summed E-state index contributed by atoms with van der Waals surface area (Å²) in [7, 11) is 4.63. The van der Waals surface area contributed by atoms with Crippen molar-refractivity contribution in [1.82, 2.24) is 15.1 Å². The fraction of sp³-hybridized carbons (Fsp3) is 1.00. The molecule has 3 nitrogen and oxygen atoms in total. The first-order valence-corrected chi connectivity index (χ1v) is 9.13. The summed E-state index contributed by atoms with van der Waals surface area (Å²) in [6.07, 6.45) is 9.85. The molecule has 3 heteroatoms. The molecule has 1 N–H and O–H groups in total. The van der Waals surface area contributed by atoms with Gasteiger partial charge in [-0.1, -0.05) is 33.1 Å². The molecule has 2 rings (SSSR count). The molecule has 0 radical (unpaired) electrons. The fourth-order valence-corrected chi connectivity index (χ4v) is 4.21. The summed E-state index contributed by atoms with van der Waals surface area (Å²) in [5.74, 6) is 0.